The highest BCUT2D eigenvalue weighted by Gasteiger charge is 2.37. The largest absolute Gasteiger partial charge is 0.416 e. The van der Waals surface area contributed by atoms with Gasteiger partial charge in [0.05, 0.1) is 11.1 Å². The van der Waals surface area contributed by atoms with E-state index in [1.165, 1.54) is 0 Å². The van der Waals surface area contributed by atoms with Gasteiger partial charge in [-0.2, -0.15) is 26.3 Å². The Morgan fingerprint density at radius 1 is 0.950 bits per heavy atom. The van der Waals surface area contributed by atoms with E-state index in [4.69, 9.17) is 0 Å². The van der Waals surface area contributed by atoms with Crippen LogP contribution in [0.2, 0.25) is 0 Å². The lowest BCUT2D eigenvalue weighted by atomic mass is 9.99. The van der Waals surface area contributed by atoms with Crippen molar-refractivity contribution in [2.45, 2.75) is 32.2 Å². The molecule has 0 bridgehead atoms. The van der Waals surface area contributed by atoms with Gasteiger partial charge in [0.2, 0.25) is 0 Å². The van der Waals surface area contributed by atoms with Crippen LogP contribution in [0.4, 0.5) is 26.3 Å². The molecule has 1 atom stereocenters. The van der Waals surface area contributed by atoms with Crippen molar-refractivity contribution in [2.24, 2.45) is 0 Å². The van der Waals surface area contributed by atoms with Crippen LogP contribution >= 0.6 is 0 Å². The molecule has 1 nitrogen and oxygen atoms in total. The van der Waals surface area contributed by atoms with E-state index >= 15 is 0 Å². The van der Waals surface area contributed by atoms with Crippen molar-refractivity contribution in [1.82, 2.24) is 4.90 Å². The summed E-state index contributed by atoms with van der Waals surface area (Å²) in [6, 6.07) is 1.14. The first-order valence-corrected chi connectivity index (χ1v) is 5.96. The van der Waals surface area contributed by atoms with Crippen LogP contribution in [0, 0.1) is 0 Å². The van der Waals surface area contributed by atoms with E-state index in [0.717, 1.165) is 12.1 Å². The lowest BCUT2D eigenvalue weighted by Gasteiger charge is -2.25. The minimum absolute atomic E-state index is 0.00324. The highest BCUT2D eigenvalue weighted by molar-refractivity contribution is 5.35. The molecule has 1 unspecified atom stereocenters. The lowest BCUT2D eigenvalue weighted by molar-refractivity contribution is -0.143. The Kier molecular flexibility index (Phi) is 4.74. The van der Waals surface area contributed by atoms with Gasteiger partial charge >= 0.3 is 12.4 Å². The first-order valence-electron chi connectivity index (χ1n) is 5.96. The molecule has 0 heterocycles. The summed E-state index contributed by atoms with van der Waals surface area (Å²) in [5, 5.41) is 0. The monoisotopic (exact) mass is 299 g/mol. The normalized spacial score (nSPS) is 14.7. The number of hydrogen-bond donors (Lipinski definition) is 0. The number of nitrogens with zero attached hydrogens (tertiary/aromatic N) is 1. The minimum Gasteiger partial charge on any atom is -0.300 e. The van der Waals surface area contributed by atoms with Crippen molar-refractivity contribution in [1.29, 1.82) is 0 Å². The maximum atomic E-state index is 12.7. The Labute approximate surface area is 113 Å². The maximum Gasteiger partial charge on any atom is 0.416 e. The molecule has 0 fully saturated rings. The standard InChI is InChI=1S/C13H15F6N/c1-4-20(3)8(2)9-5-10(12(14,15)16)7-11(6-9)13(17,18)19/h5-8H,4H2,1-3H3. The number of rotatable bonds is 3. The van der Waals surface area contributed by atoms with Gasteiger partial charge in [-0.25, -0.2) is 0 Å². The molecule has 1 aromatic carbocycles. The third-order valence-corrected chi connectivity index (χ3v) is 3.25. The van der Waals surface area contributed by atoms with E-state index < -0.39 is 29.5 Å². The SMILES string of the molecule is CCN(C)C(C)c1cc(C(F)(F)F)cc(C(F)(F)F)c1. The average Bonchev–Trinajstić information content (AvgIpc) is 2.34. The van der Waals surface area contributed by atoms with E-state index in [0.29, 0.717) is 6.54 Å². The van der Waals surface area contributed by atoms with Gasteiger partial charge in [0.25, 0.3) is 0 Å². The molecule has 1 rings (SSSR count). The van der Waals surface area contributed by atoms with Gasteiger partial charge in [-0.1, -0.05) is 6.92 Å². The Morgan fingerprint density at radius 2 is 1.35 bits per heavy atom. The Hall–Kier alpha value is -1.24. The van der Waals surface area contributed by atoms with Gasteiger partial charge in [0.15, 0.2) is 0 Å². The number of hydrogen-bond acceptors (Lipinski definition) is 1. The van der Waals surface area contributed by atoms with Crippen LogP contribution < -0.4 is 0 Å². The maximum absolute atomic E-state index is 12.7. The lowest BCUT2D eigenvalue weighted by Crippen LogP contribution is -2.23. The molecule has 0 aliphatic rings. The van der Waals surface area contributed by atoms with Gasteiger partial charge in [0, 0.05) is 6.04 Å². The van der Waals surface area contributed by atoms with Crippen molar-refractivity contribution < 1.29 is 26.3 Å². The average molecular weight is 299 g/mol. The molecular weight excluding hydrogens is 284 g/mol. The topological polar surface area (TPSA) is 3.24 Å². The summed E-state index contributed by atoms with van der Waals surface area (Å²) in [6.45, 7) is 3.85. The number of benzene rings is 1. The van der Waals surface area contributed by atoms with Crippen LogP contribution in [0.1, 0.15) is 36.6 Å². The quantitative estimate of drug-likeness (QED) is 0.729. The van der Waals surface area contributed by atoms with E-state index in [-0.39, 0.29) is 11.6 Å². The van der Waals surface area contributed by atoms with Gasteiger partial charge in [-0.05, 0) is 44.3 Å². The van der Waals surface area contributed by atoms with Crippen molar-refractivity contribution in [2.75, 3.05) is 13.6 Å². The number of alkyl halides is 6. The van der Waals surface area contributed by atoms with Crippen molar-refractivity contribution in [3.8, 4) is 0 Å². The fourth-order valence-corrected chi connectivity index (χ4v) is 1.75. The summed E-state index contributed by atoms with van der Waals surface area (Å²) < 4.78 is 76.2. The van der Waals surface area contributed by atoms with E-state index in [2.05, 4.69) is 0 Å². The summed E-state index contributed by atoms with van der Waals surface area (Å²) in [5.74, 6) is 0. The zero-order chi connectivity index (χ0) is 15.7. The summed E-state index contributed by atoms with van der Waals surface area (Å²) in [6.07, 6.45) is -9.61. The fraction of sp³-hybridized carbons (Fsp3) is 0.538. The summed E-state index contributed by atoms with van der Waals surface area (Å²) >= 11 is 0. The van der Waals surface area contributed by atoms with Gasteiger partial charge in [-0.3, -0.25) is 4.90 Å². The van der Waals surface area contributed by atoms with Crippen molar-refractivity contribution in [3.63, 3.8) is 0 Å². The smallest absolute Gasteiger partial charge is 0.300 e. The molecule has 0 aliphatic heterocycles. The molecule has 20 heavy (non-hydrogen) atoms. The molecule has 0 radical (unpaired) electrons. The molecule has 0 aliphatic carbocycles. The highest BCUT2D eigenvalue weighted by atomic mass is 19.4. The van der Waals surface area contributed by atoms with E-state index in [1.54, 1.807) is 25.8 Å². The van der Waals surface area contributed by atoms with Crippen molar-refractivity contribution in [3.05, 3.63) is 34.9 Å². The van der Waals surface area contributed by atoms with Crippen LogP contribution in [-0.4, -0.2) is 18.5 Å². The fourth-order valence-electron chi connectivity index (χ4n) is 1.75. The van der Waals surface area contributed by atoms with Crippen LogP contribution in [0.5, 0.6) is 0 Å². The van der Waals surface area contributed by atoms with Gasteiger partial charge in [-0.15, -0.1) is 0 Å². The Balaban J connectivity index is 3.38. The first-order chi connectivity index (χ1) is 8.96. The predicted octanol–water partition coefficient (Wildman–Crippen LogP) is 4.74. The Bertz CT molecular complexity index is 431. The molecule has 1 aromatic rings. The van der Waals surface area contributed by atoms with Gasteiger partial charge < -0.3 is 0 Å². The Morgan fingerprint density at radius 3 is 1.65 bits per heavy atom. The van der Waals surface area contributed by atoms with E-state index in [9.17, 15) is 26.3 Å². The number of halogens is 6. The van der Waals surface area contributed by atoms with Crippen molar-refractivity contribution >= 4 is 0 Å². The van der Waals surface area contributed by atoms with Crippen LogP contribution in [0.15, 0.2) is 18.2 Å². The summed E-state index contributed by atoms with van der Waals surface area (Å²) in [7, 11) is 1.64. The highest BCUT2D eigenvalue weighted by Crippen LogP contribution is 2.37. The summed E-state index contributed by atoms with van der Waals surface area (Å²) in [4.78, 5) is 1.66. The second-order valence-electron chi connectivity index (χ2n) is 4.59. The van der Waals surface area contributed by atoms with Crippen LogP contribution in [-0.2, 0) is 12.4 Å². The second kappa shape index (κ2) is 5.63. The molecule has 0 N–H and O–H groups in total. The molecular formula is C13H15F6N. The van der Waals surface area contributed by atoms with E-state index in [1.807, 2.05) is 0 Å². The molecule has 7 heteroatoms. The first kappa shape index (κ1) is 16.8. The second-order valence-corrected chi connectivity index (χ2v) is 4.59. The molecule has 0 amide bonds. The third-order valence-electron chi connectivity index (χ3n) is 3.25. The predicted molar refractivity (Wildman–Crippen MR) is 63.2 cm³/mol. The molecule has 0 saturated carbocycles. The zero-order valence-corrected chi connectivity index (χ0v) is 11.2. The molecule has 114 valence electrons. The zero-order valence-electron chi connectivity index (χ0n) is 11.2. The van der Waals surface area contributed by atoms with Gasteiger partial charge in [0.1, 0.15) is 0 Å². The minimum atomic E-state index is -4.81. The molecule has 0 saturated heterocycles. The molecule has 0 aromatic heterocycles. The molecule has 0 spiro atoms. The third kappa shape index (κ3) is 3.88. The van der Waals surface area contributed by atoms with Crippen LogP contribution in [0.3, 0.4) is 0 Å². The van der Waals surface area contributed by atoms with Crippen LogP contribution in [0.25, 0.3) is 0 Å². The summed E-state index contributed by atoms with van der Waals surface area (Å²) in [5.41, 5.74) is -2.56.